The van der Waals surface area contributed by atoms with Crippen molar-refractivity contribution in [1.82, 2.24) is 0 Å². The zero-order valence-corrected chi connectivity index (χ0v) is 10.7. The van der Waals surface area contributed by atoms with Gasteiger partial charge in [-0.2, -0.15) is 0 Å². The SMILES string of the molecule is CC(=O)O[C@H]1C(S)O[C@H](C)[C@@](O)(C(C)=O)[C@@H]1O. The van der Waals surface area contributed by atoms with E-state index in [1.165, 1.54) is 6.92 Å². The summed E-state index contributed by atoms with van der Waals surface area (Å²) in [6.07, 6.45) is -3.71. The summed E-state index contributed by atoms with van der Waals surface area (Å²) in [5, 5.41) is 20.1. The van der Waals surface area contributed by atoms with Crippen LogP contribution in [0.2, 0.25) is 0 Å². The number of hydrogen-bond donors (Lipinski definition) is 3. The van der Waals surface area contributed by atoms with Crippen molar-refractivity contribution in [1.29, 1.82) is 0 Å². The highest BCUT2D eigenvalue weighted by Crippen LogP contribution is 2.33. The molecule has 5 atom stereocenters. The summed E-state index contributed by atoms with van der Waals surface area (Å²) in [5.41, 5.74) is -3.00. The fraction of sp³-hybridized carbons (Fsp3) is 0.800. The maximum atomic E-state index is 11.4. The highest BCUT2D eigenvalue weighted by atomic mass is 32.1. The van der Waals surface area contributed by atoms with Crippen molar-refractivity contribution >= 4 is 24.4 Å². The van der Waals surface area contributed by atoms with Crippen molar-refractivity contribution in [3.8, 4) is 0 Å². The molecule has 0 amide bonds. The van der Waals surface area contributed by atoms with Gasteiger partial charge in [0.1, 0.15) is 11.5 Å². The predicted octanol–water partition coefficient (Wildman–Crippen LogP) is -0.726. The molecule has 17 heavy (non-hydrogen) atoms. The van der Waals surface area contributed by atoms with Gasteiger partial charge >= 0.3 is 5.97 Å². The maximum absolute atomic E-state index is 11.4. The fourth-order valence-corrected chi connectivity index (χ4v) is 2.25. The Labute approximate surface area is 104 Å². The Morgan fingerprint density at radius 3 is 2.35 bits per heavy atom. The van der Waals surface area contributed by atoms with Gasteiger partial charge in [0.15, 0.2) is 17.5 Å². The zero-order valence-electron chi connectivity index (χ0n) is 9.78. The summed E-state index contributed by atoms with van der Waals surface area (Å²) in [6, 6.07) is 0. The first-order valence-corrected chi connectivity index (χ1v) is 5.65. The van der Waals surface area contributed by atoms with E-state index in [1.807, 2.05) is 0 Å². The molecule has 2 N–H and O–H groups in total. The summed E-state index contributed by atoms with van der Waals surface area (Å²) in [5.74, 6) is -1.31. The Bertz CT molecular complexity index is 333. The molecule has 1 rings (SSSR count). The second-order valence-corrected chi connectivity index (χ2v) is 4.58. The second-order valence-electron chi connectivity index (χ2n) is 4.07. The van der Waals surface area contributed by atoms with Crippen molar-refractivity contribution in [2.45, 2.75) is 50.1 Å². The Balaban J connectivity index is 3.02. The van der Waals surface area contributed by atoms with Crippen LogP contribution in [0.25, 0.3) is 0 Å². The van der Waals surface area contributed by atoms with Crippen LogP contribution < -0.4 is 0 Å². The lowest BCUT2D eigenvalue weighted by molar-refractivity contribution is -0.244. The molecule has 7 heteroatoms. The average molecular weight is 264 g/mol. The van der Waals surface area contributed by atoms with Gasteiger partial charge in [0.05, 0.1) is 6.10 Å². The third kappa shape index (κ3) is 2.47. The average Bonchev–Trinajstić information content (AvgIpc) is 2.20. The van der Waals surface area contributed by atoms with Gasteiger partial charge in [0.2, 0.25) is 0 Å². The summed E-state index contributed by atoms with van der Waals surface area (Å²) in [7, 11) is 0. The number of esters is 1. The quantitative estimate of drug-likeness (QED) is 0.450. The summed E-state index contributed by atoms with van der Waals surface area (Å²) >= 11 is 4.01. The minimum absolute atomic E-state index is 0.655. The molecule has 1 heterocycles. The molecule has 1 fully saturated rings. The molecule has 1 aliphatic rings. The molecule has 0 aromatic rings. The molecule has 0 spiro atoms. The van der Waals surface area contributed by atoms with Crippen LogP contribution in [0.1, 0.15) is 20.8 Å². The van der Waals surface area contributed by atoms with Crippen LogP contribution in [0.5, 0.6) is 0 Å². The number of aliphatic hydroxyl groups excluding tert-OH is 1. The Kier molecular flexibility index (Phi) is 4.19. The molecule has 0 aliphatic carbocycles. The zero-order chi connectivity index (χ0) is 13.4. The molecule has 1 aliphatic heterocycles. The van der Waals surface area contributed by atoms with Gasteiger partial charge in [-0.05, 0) is 13.8 Å². The van der Waals surface area contributed by atoms with Crippen molar-refractivity contribution in [3.05, 3.63) is 0 Å². The van der Waals surface area contributed by atoms with Gasteiger partial charge in [0, 0.05) is 6.92 Å². The normalized spacial score (nSPS) is 42.0. The molecule has 0 bridgehead atoms. The number of Topliss-reactive ketones (excluding diaryl/α,β-unsaturated/α-hetero) is 1. The Morgan fingerprint density at radius 2 is 1.94 bits per heavy atom. The second kappa shape index (κ2) is 4.93. The van der Waals surface area contributed by atoms with Gasteiger partial charge in [0.25, 0.3) is 0 Å². The van der Waals surface area contributed by atoms with Gasteiger partial charge in [-0.1, -0.05) is 0 Å². The molecule has 1 unspecified atom stereocenters. The number of aliphatic hydroxyl groups is 2. The van der Waals surface area contributed by atoms with Crippen LogP contribution in [0.3, 0.4) is 0 Å². The van der Waals surface area contributed by atoms with Crippen LogP contribution in [-0.4, -0.2) is 51.3 Å². The molecule has 0 saturated carbocycles. The first-order valence-electron chi connectivity index (χ1n) is 5.13. The molecule has 0 aromatic heterocycles. The topological polar surface area (TPSA) is 93.1 Å². The maximum Gasteiger partial charge on any atom is 0.303 e. The van der Waals surface area contributed by atoms with E-state index in [-0.39, 0.29) is 0 Å². The first kappa shape index (κ1) is 14.4. The molecule has 98 valence electrons. The molecular weight excluding hydrogens is 248 g/mol. The molecule has 0 aromatic carbocycles. The van der Waals surface area contributed by atoms with Crippen LogP contribution in [0.15, 0.2) is 0 Å². The number of rotatable bonds is 2. The van der Waals surface area contributed by atoms with E-state index >= 15 is 0 Å². The number of ketones is 1. The first-order chi connectivity index (χ1) is 7.71. The Morgan fingerprint density at radius 1 is 1.41 bits per heavy atom. The van der Waals surface area contributed by atoms with E-state index in [4.69, 9.17) is 9.47 Å². The monoisotopic (exact) mass is 264 g/mol. The number of ether oxygens (including phenoxy) is 2. The van der Waals surface area contributed by atoms with E-state index in [9.17, 15) is 19.8 Å². The number of carbonyl (C=O) groups excluding carboxylic acids is 2. The van der Waals surface area contributed by atoms with Crippen molar-refractivity contribution < 1.29 is 29.3 Å². The Hall–Kier alpha value is -0.630. The number of carbonyl (C=O) groups is 2. The van der Waals surface area contributed by atoms with Crippen LogP contribution in [-0.2, 0) is 19.1 Å². The number of thiol groups is 1. The lowest BCUT2D eigenvalue weighted by Crippen LogP contribution is -2.67. The van der Waals surface area contributed by atoms with Gasteiger partial charge in [-0.3, -0.25) is 9.59 Å². The third-order valence-corrected chi connectivity index (χ3v) is 3.29. The van der Waals surface area contributed by atoms with Crippen molar-refractivity contribution in [2.75, 3.05) is 0 Å². The van der Waals surface area contributed by atoms with Crippen molar-refractivity contribution in [3.63, 3.8) is 0 Å². The third-order valence-electron chi connectivity index (χ3n) is 2.87. The van der Waals surface area contributed by atoms with E-state index in [0.717, 1.165) is 13.8 Å². The van der Waals surface area contributed by atoms with Crippen LogP contribution in [0.4, 0.5) is 0 Å². The molecular formula is C10H16O6S. The molecule has 0 radical (unpaired) electrons. The van der Waals surface area contributed by atoms with E-state index in [0.29, 0.717) is 0 Å². The number of hydrogen-bond acceptors (Lipinski definition) is 7. The molecule has 6 nitrogen and oxygen atoms in total. The highest BCUT2D eigenvalue weighted by Gasteiger charge is 2.56. The largest absolute Gasteiger partial charge is 0.456 e. The minimum atomic E-state index is -2.10. The standard InChI is InChI=1S/C10H16O6S/c1-4(11)10(14)5(2)15-9(17)7(8(10)13)16-6(3)12/h5,7-9,13-14,17H,1-3H3/t5-,7-,8-,9?,10+/m1/s1. The van der Waals surface area contributed by atoms with Crippen molar-refractivity contribution in [2.24, 2.45) is 0 Å². The summed E-state index contributed by atoms with van der Waals surface area (Å²) < 4.78 is 10.0. The van der Waals surface area contributed by atoms with E-state index in [1.54, 1.807) is 0 Å². The highest BCUT2D eigenvalue weighted by molar-refractivity contribution is 7.80. The van der Waals surface area contributed by atoms with Gasteiger partial charge in [-0.25, -0.2) is 0 Å². The van der Waals surface area contributed by atoms with E-state index in [2.05, 4.69) is 12.6 Å². The smallest absolute Gasteiger partial charge is 0.303 e. The van der Waals surface area contributed by atoms with Crippen LogP contribution in [0, 0.1) is 0 Å². The predicted molar refractivity (Wildman–Crippen MR) is 60.5 cm³/mol. The lowest BCUT2D eigenvalue weighted by atomic mass is 9.82. The minimum Gasteiger partial charge on any atom is -0.456 e. The van der Waals surface area contributed by atoms with Gasteiger partial charge in [-0.15, -0.1) is 12.6 Å². The van der Waals surface area contributed by atoms with Gasteiger partial charge < -0.3 is 19.7 Å². The summed E-state index contributed by atoms with van der Waals surface area (Å²) in [4.78, 5) is 22.3. The van der Waals surface area contributed by atoms with Crippen LogP contribution >= 0.6 is 12.6 Å². The van der Waals surface area contributed by atoms with E-state index < -0.39 is 41.1 Å². The lowest BCUT2D eigenvalue weighted by Gasteiger charge is -2.45. The fourth-order valence-electron chi connectivity index (χ4n) is 1.85. The molecule has 1 saturated heterocycles. The summed E-state index contributed by atoms with van der Waals surface area (Å²) in [6.45, 7) is 3.72.